The minimum Gasteiger partial charge on any atom is -0.387 e. The van der Waals surface area contributed by atoms with Gasteiger partial charge >= 0.3 is 0 Å². The minimum absolute atomic E-state index is 0.250. The number of anilines is 1. The van der Waals surface area contributed by atoms with Crippen LogP contribution in [-0.4, -0.2) is 16.1 Å². The van der Waals surface area contributed by atoms with E-state index in [4.69, 9.17) is 11.5 Å². The fourth-order valence-electron chi connectivity index (χ4n) is 1.24. The molecule has 4 heteroatoms. The highest BCUT2D eigenvalue weighted by Gasteiger charge is 2.15. The molecule has 0 aliphatic heterocycles. The number of aliphatic hydroxyl groups is 1. The van der Waals surface area contributed by atoms with Gasteiger partial charge in [-0.3, -0.25) is 0 Å². The fourth-order valence-corrected chi connectivity index (χ4v) is 1.24. The van der Waals surface area contributed by atoms with Crippen LogP contribution in [0, 0.1) is 6.92 Å². The number of aryl methyl sites for hydroxylation is 1. The van der Waals surface area contributed by atoms with Crippen molar-refractivity contribution in [3.63, 3.8) is 0 Å². The van der Waals surface area contributed by atoms with E-state index in [0.717, 1.165) is 17.5 Å². The van der Waals surface area contributed by atoms with Crippen LogP contribution < -0.4 is 11.5 Å². The van der Waals surface area contributed by atoms with Crippen LogP contribution >= 0.6 is 0 Å². The molecule has 1 rings (SSSR count). The molecule has 0 saturated carbocycles. The van der Waals surface area contributed by atoms with Crippen molar-refractivity contribution in [2.24, 2.45) is 5.73 Å². The van der Waals surface area contributed by atoms with E-state index in [1.165, 1.54) is 0 Å². The molecule has 1 aromatic rings. The lowest BCUT2D eigenvalue weighted by molar-refractivity contribution is 0.144. The van der Waals surface area contributed by atoms with Gasteiger partial charge in [0.1, 0.15) is 5.82 Å². The van der Waals surface area contributed by atoms with E-state index >= 15 is 0 Å². The molecule has 0 spiro atoms. The molecule has 1 heterocycles. The summed E-state index contributed by atoms with van der Waals surface area (Å²) in [5, 5.41) is 9.80. The van der Waals surface area contributed by atoms with Crippen LogP contribution in [0.25, 0.3) is 0 Å². The van der Waals surface area contributed by atoms with Crippen molar-refractivity contribution in [3.05, 3.63) is 23.4 Å². The summed E-state index contributed by atoms with van der Waals surface area (Å²) in [6, 6.07) is 1.57. The average molecular weight is 195 g/mol. The molecule has 0 saturated heterocycles. The maximum Gasteiger partial charge on any atom is 0.126 e. The maximum atomic E-state index is 9.80. The van der Waals surface area contributed by atoms with Crippen LogP contribution in [0.2, 0.25) is 0 Å². The smallest absolute Gasteiger partial charge is 0.126 e. The van der Waals surface area contributed by atoms with Crippen LogP contribution in [0.15, 0.2) is 12.3 Å². The van der Waals surface area contributed by atoms with Gasteiger partial charge in [0.05, 0.1) is 6.10 Å². The monoisotopic (exact) mass is 195 g/mol. The molecule has 0 bridgehead atoms. The summed E-state index contributed by atoms with van der Waals surface area (Å²) in [6.07, 6.45) is 1.64. The Bertz CT molecular complexity index is 314. The zero-order valence-corrected chi connectivity index (χ0v) is 8.57. The van der Waals surface area contributed by atoms with Gasteiger partial charge in [-0.1, -0.05) is 6.92 Å². The van der Waals surface area contributed by atoms with Gasteiger partial charge in [0, 0.05) is 17.8 Å². The molecule has 0 aliphatic carbocycles. The van der Waals surface area contributed by atoms with Crippen LogP contribution in [0.4, 0.5) is 5.82 Å². The number of pyridine rings is 1. The third kappa shape index (κ3) is 2.21. The van der Waals surface area contributed by atoms with Crippen LogP contribution in [0.3, 0.4) is 0 Å². The van der Waals surface area contributed by atoms with E-state index in [2.05, 4.69) is 4.98 Å². The van der Waals surface area contributed by atoms with Gasteiger partial charge in [0.2, 0.25) is 0 Å². The highest BCUT2D eigenvalue weighted by atomic mass is 16.3. The summed E-state index contributed by atoms with van der Waals surface area (Å²) < 4.78 is 0. The first-order valence-corrected chi connectivity index (χ1v) is 4.72. The van der Waals surface area contributed by atoms with E-state index in [9.17, 15) is 5.11 Å². The summed E-state index contributed by atoms with van der Waals surface area (Å²) in [5.41, 5.74) is 12.9. The van der Waals surface area contributed by atoms with E-state index in [-0.39, 0.29) is 6.04 Å². The van der Waals surface area contributed by atoms with Gasteiger partial charge in [-0.05, 0) is 25.0 Å². The van der Waals surface area contributed by atoms with Crippen LogP contribution in [-0.2, 0) is 0 Å². The van der Waals surface area contributed by atoms with Crippen molar-refractivity contribution in [1.82, 2.24) is 4.98 Å². The zero-order chi connectivity index (χ0) is 10.7. The van der Waals surface area contributed by atoms with Gasteiger partial charge in [-0.2, -0.15) is 0 Å². The van der Waals surface area contributed by atoms with Gasteiger partial charge < -0.3 is 16.6 Å². The van der Waals surface area contributed by atoms with E-state index < -0.39 is 6.10 Å². The highest BCUT2D eigenvalue weighted by molar-refractivity contribution is 5.40. The van der Waals surface area contributed by atoms with Crippen molar-refractivity contribution in [2.75, 3.05) is 5.73 Å². The number of hydrogen-bond acceptors (Lipinski definition) is 4. The quantitative estimate of drug-likeness (QED) is 0.664. The van der Waals surface area contributed by atoms with Crippen molar-refractivity contribution < 1.29 is 5.11 Å². The predicted molar refractivity (Wildman–Crippen MR) is 56.6 cm³/mol. The molecular formula is C10H17N3O. The zero-order valence-electron chi connectivity index (χ0n) is 8.57. The lowest BCUT2D eigenvalue weighted by Crippen LogP contribution is -2.27. The van der Waals surface area contributed by atoms with E-state index in [1.807, 2.05) is 19.9 Å². The molecular weight excluding hydrogens is 178 g/mol. The van der Waals surface area contributed by atoms with Gasteiger partial charge in [-0.15, -0.1) is 0 Å². The Kier molecular flexibility index (Phi) is 3.43. The Labute approximate surface area is 83.9 Å². The normalized spacial score (nSPS) is 15.1. The van der Waals surface area contributed by atoms with Gasteiger partial charge in [0.25, 0.3) is 0 Å². The highest BCUT2D eigenvalue weighted by Crippen LogP contribution is 2.19. The second kappa shape index (κ2) is 4.39. The van der Waals surface area contributed by atoms with Crippen LogP contribution in [0.1, 0.15) is 30.6 Å². The number of aromatic nitrogens is 1. The van der Waals surface area contributed by atoms with Crippen molar-refractivity contribution in [3.8, 4) is 0 Å². The number of nitrogens with two attached hydrogens (primary N) is 2. The number of rotatable bonds is 3. The fraction of sp³-hybridized carbons (Fsp3) is 0.500. The van der Waals surface area contributed by atoms with Crippen molar-refractivity contribution in [2.45, 2.75) is 32.4 Å². The van der Waals surface area contributed by atoms with Crippen molar-refractivity contribution in [1.29, 1.82) is 0 Å². The van der Waals surface area contributed by atoms with Crippen LogP contribution in [0.5, 0.6) is 0 Å². The second-order valence-electron chi connectivity index (χ2n) is 3.49. The Morgan fingerprint density at radius 3 is 2.71 bits per heavy atom. The summed E-state index contributed by atoms with van der Waals surface area (Å²) in [5.74, 6) is 0.492. The first-order chi connectivity index (χ1) is 6.56. The van der Waals surface area contributed by atoms with Gasteiger partial charge in [-0.25, -0.2) is 4.98 Å². The second-order valence-corrected chi connectivity index (χ2v) is 3.49. The molecule has 0 amide bonds. The molecule has 78 valence electrons. The number of aliphatic hydroxyl groups excluding tert-OH is 1. The van der Waals surface area contributed by atoms with Gasteiger partial charge in [0.15, 0.2) is 0 Å². The standard InChI is InChI=1S/C10H17N3O/c1-3-8(11)9(14)7-4-6(2)10(12)13-5-7/h4-5,8-9,14H,3,11H2,1-2H3,(H2,12,13)/t8-,9+/m1/s1. The molecule has 0 unspecified atom stereocenters. The molecule has 0 aromatic carbocycles. The molecule has 1 aromatic heterocycles. The lowest BCUT2D eigenvalue weighted by Gasteiger charge is -2.17. The maximum absolute atomic E-state index is 9.80. The predicted octanol–water partition coefficient (Wildman–Crippen LogP) is 0.743. The molecule has 4 nitrogen and oxygen atoms in total. The van der Waals surface area contributed by atoms with Crippen molar-refractivity contribution >= 4 is 5.82 Å². The topological polar surface area (TPSA) is 85.2 Å². The molecule has 0 radical (unpaired) electrons. The average Bonchev–Trinajstić information content (AvgIpc) is 2.20. The summed E-state index contributed by atoms with van der Waals surface area (Å²) in [7, 11) is 0. The summed E-state index contributed by atoms with van der Waals surface area (Å²) >= 11 is 0. The summed E-state index contributed by atoms with van der Waals surface area (Å²) in [6.45, 7) is 3.79. The Balaban J connectivity index is 2.91. The Morgan fingerprint density at radius 1 is 1.57 bits per heavy atom. The third-order valence-corrected chi connectivity index (χ3v) is 2.36. The minimum atomic E-state index is -0.660. The number of nitrogen functional groups attached to an aromatic ring is 1. The number of nitrogens with zero attached hydrogens (tertiary/aromatic N) is 1. The Morgan fingerprint density at radius 2 is 2.21 bits per heavy atom. The molecule has 5 N–H and O–H groups in total. The molecule has 2 atom stereocenters. The molecule has 0 fully saturated rings. The number of hydrogen-bond donors (Lipinski definition) is 3. The van der Waals surface area contributed by atoms with E-state index in [0.29, 0.717) is 5.82 Å². The largest absolute Gasteiger partial charge is 0.387 e. The summed E-state index contributed by atoms with van der Waals surface area (Å²) in [4.78, 5) is 3.98. The SMILES string of the molecule is CC[C@@H](N)[C@@H](O)c1cnc(N)c(C)c1. The molecule has 14 heavy (non-hydrogen) atoms. The Hall–Kier alpha value is -1.13. The first-order valence-electron chi connectivity index (χ1n) is 4.72. The third-order valence-electron chi connectivity index (χ3n) is 2.36. The lowest BCUT2D eigenvalue weighted by atomic mass is 10.0. The first kappa shape index (κ1) is 10.9. The molecule has 0 aliphatic rings. The van der Waals surface area contributed by atoms with E-state index in [1.54, 1.807) is 6.20 Å².